The molecule has 9 heteroatoms. The second kappa shape index (κ2) is 5.58. The van der Waals surface area contributed by atoms with Crippen LogP contribution in [0.3, 0.4) is 0 Å². The smallest absolute Gasteiger partial charge is 0.406 e. The molecule has 1 aliphatic heterocycles. The number of benzene rings is 1. The average Bonchev–Trinajstić information content (AvgIpc) is 3.18. The van der Waals surface area contributed by atoms with Gasteiger partial charge in [-0.05, 0) is 24.3 Å². The second-order valence-corrected chi connectivity index (χ2v) is 4.79. The number of aromatic amines is 1. The summed E-state index contributed by atoms with van der Waals surface area (Å²) in [5.74, 6) is -1.24. The monoisotopic (exact) mass is 330 g/mol. The highest BCUT2D eigenvalue weighted by atomic mass is 19.4. The summed E-state index contributed by atoms with van der Waals surface area (Å²) < 4.78 is 59.3. The molecule has 0 bridgehead atoms. The van der Waals surface area contributed by atoms with Crippen LogP contribution in [0.2, 0.25) is 0 Å². The van der Waals surface area contributed by atoms with Gasteiger partial charge in [-0.3, -0.25) is 4.79 Å². The van der Waals surface area contributed by atoms with E-state index in [9.17, 15) is 22.4 Å². The van der Waals surface area contributed by atoms with E-state index in [4.69, 9.17) is 4.74 Å². The third-order valence-electron chi connectivity index (χ3n) is 3.08. The van der Waals surface area contributed by atoms with Crippen LogP contribution in [0.15, 0.2) is 41.3 Å². The van der Waals surface area contributed by atoms with E-state index in [2.05, 4.69) is 15.0 Å². The fourth-order valence-corrected chi connectivity index (χ4v) is 2.09. The van der Waals surface area contributed by atoms with Gasteiger partial charge in [0.05, 0.1) is 0 Å². The predicted octanol–water partition coefficient (Wildman–Crippen LogP) is 2.92. The molecule has 2 heterocycles. The summed E-state index contributed by atoms with van der Waals surface area (Å²) in [7, 11) is 0. The maximum Gasteiger partial charge on any atom is 0.573 e. The van der Waals surface area contributed by atoms with Gasteiger partial charge < -0.3 is 19.8 Å². The molecule has 0 amide bonds. The SMILES string of the molecule is O=c1cc(NC2OC2c2cc(OC(F)(F)F)ccc2F)cc[nH]1. The third-order valence-corrected chi connectivity index (χ3v) is 3.08. The molecule has 2 atom stereocenters. The molecule has 0 spiro atoms. The first-order valence-corrected chi connectivity index (χ1v) is 6.48. The Kier molecular flexibility index (Phi) is 3.72. The van der Waals surface area contributed by atoms with Gasteiger partial charge in [0.15, 0.2) is 6.23 Å². The van der Waals surface area contributed by atoms with Crippen LogP contribution in [0.1, 0.15) is 11.7 Å². The number of H-pyrrole nitrogens is 1. The first-order chi connectivity index (χ1) is 10.8. The number of rotatable bonds is 4. The summed E-state index contributed by atoms with van der Waals surface area (Å²) in [6.45, 7) is 0. The number of nitrogens with one attached hydrogen (secondary N) is 2. The van der Waals surface area contributed by atoms with Gasteiger partial charge in [0.1, 0.15) is 17.7 Å². The van der Waals surface area contributed by atoms with Crippen LogP contribution in [-0.2, 0) is 4.74 Å². The highest BCUT2D eigenvalue weighted by Gasteiger charge is 2.42. The Morgan fingerprint density at radius 1 is 1.22 bits per heavy atom. The molecule has 2 aromatic rings. The molecule has 1 fully saturated rings. The number of hydrogen-bond acceptors (Lipinski definition) is 4. The van der Waals surface area contributed by atoms with Crippen molar-refractivity contribution >= 4 is 5.69 Å². The van der Waals surface area contributed by atoms with Gasteiger partial charge in [-0.15, -0.1) is 13.2 Å². The fourth-order valence-electron chi connectivity index (χ4n) is 2.09. The molecule has 1 aliphatic rings. The Morgan fingerprint density at radius 2 is 2.00 bits per heavy atom. The van der Waals surface area contributed by atoms with Gasteiger partial charge in [-0.2, -0.15) is 0 Å². The Bertz CT molecular complexity index is 775. The maximum absolute atomic E-state index is 13.8. The van der Waals surface area contributed by atoms with Gasteiger partial charge in [0, 0.05) is 23.5 Å². The number of aromatic nitrogens is 1. The Morgan fingerprint density at radius 3 is 2.70 bits per heavy atom. The van der Waals surface area contributed by atoms with Crippen LogP contribution in [0.25, 0.3) is 0 Å². The molecule has 1 aromatic carbocycles. The van der Waals surface area contributed by atoms with Crippen molar-refractivity contribution in [2.24, 2.45) is 0 Å². The Balaban J connectivity index is 1.73. The number of pyridine rings is 1. The van der Waals surface area contributed by atoms with E-state index in [1.54, 1.807) is 6.07 Å². The van der Waals surface area contributed by atoms with E-state index in [-0.39, 0.29) is 11.1 Å². The zero-order valence-electron chi connectivity index (χ0n) is 11.4. The molecule has 5 nitrogen and oxygen atoms in total. The number of hydrogen-bond donors (Lipinski definition) is 2. The van der Waals surface area contributed by atoms with E-state index in [0.29, 0.717) is 5.69 Å². The molecule has 2 N–H and O–H groups in total. The number of alkyl halides is 3. The van der Waals surface area contributed by atoms with Crippen molar-refractivity contribution in [1.29, 1.82) is 0 Å². The Hall–Kier alpha value is -2.55. The standard InChI is InChI=1S/C14H10F4N2O3/c15-10-2-1-8(23-14(16,17)18)6-9(10)12-13(22-12)20-7-3-4-19-11(21)5-7/h1-6,12-13H,(H2,19,20,21). The van der Waals surface area contributed by atoms with Crippen LogP contribution in [-0.4, -0.2) is 17.6 Å². The highest BCUT2D eigenvalue weighted by Crippen LogP contribution is 2.41. The van der Waals surface area contributed by atoms with Crippen molar-refractivity contribution in [3.8, 4) is 5.75 Å². The number of epoxide rings is 1. The van der Waals surface area contributed by atoms with Gasteiger partial charge in [-0.25, -0.2) is 4.39 Å². The van der Waals surface area contributed by atoms with E-state index in [1.807, 2.05) is 0 Å². The topological polar surface area (TPSA) is 66.7 Å². The van der Waals surface area contributed by atoms with Gasteiger partial charge >= 0.3 is 6.36 Å². The van der Waals surface area contributed by atoms with E-state index >= 15 is 0 Å². The van der Waals surface area contributed by atoms with Crippen molar-refractivity contribution in [3.05, 3.63) is 58.3 Å². The number of anilines is 1. The summed E-state index contributed by atoms with van der Waals surface area (Å²) in [6, 6.07) is 5.54. The van der Waals surface area contributed by atoms with E-state index in [0.717, 1.165) is 18.2 Å². The summed E-state index contributed by atoms with van der Waals surface area (Å²) in [5.41, 5.74) is 0.0531. The van der Waals surface area contributed by atoms with Crippen molar-refractivity contribution < 1.29 is 27.0 Å². The van der Waals surface area contributed by atoms with Crippen molar-refractivity contribution in [3.63, 3.8) is 0 Å². The molecule has 23 heavy (non-hydrogen) atoms. The summed E-state index contributed by atoms with van der Waals surface area (Å²) in [5, 5.41) is 2.83. The summed E-state index contributed by atoms with van der Waals surface area (Å²) >= 11 is 0. The van der Waals surface area contributed by atoms with Crippen LogP contribution in [0.5, 0.6) is 5.75 Å². The first kappa shape index (κ1) is 15.3. The molecule has 3 rings (SSSR count). The van der Waals surface area contributed by atoms with Crippen LogP contribution in [0.4, 0.5) is 23.2 Å². The zero-order valence-corrected chi connectivity index (χ0v) is 11.4. The van der Waals surface area contributed by atoms with Crippen LogP contribution < -0.4 is 15.6 Å². The number of halogens is 4. The lowest BCUT2D eigenvalue weighted by Crippen LogP contribution is -2.17. The third kappa shape index (κ3) is 3.81. The van der Waals surface area contributed by atoms with Crippen molar-refractivity contribution in [1.82, 2.24) is 4.98 Å². The van der Waals surface area contributed by atoms with Crippen LogP contribution >= 0.6 is 0 Å². The number of ether oxygens (including phenoxy) is 2. The normalized spacial score (nSPS) is 20.2. The minimum Gasteiger partial charge on any atom is -0.406 e. The van der Waals surface area contributed by atoms with Crippen molar-refractivity contribution in [2.45, 2.75) is 18.7 Å². The minimum absolute atomic E-state index is 0.0610. The molecule has 1 aromatic heterocycles. The van der Waals surface area contributed by atoms with Crippen molar-refractivity contribution in [2.75, 3.05) is 5.32 Å². The molecule has 0 saturated carbocycles. The molecule has 122 valence electrons. The average molecular weight is 330 g/mol. The molecular weight excluding hydrogens is 320 g/mol. The lowest BCUT2D eigenvalue weighted by atomic mass is 10.1. The molecule has 1 saturated heterocycles. The second-order valence-electron chi connectivity index (χ2n) is 4.79. The Labute approximate surface area is 126 Å². The lowest BCUT2D eigenvalue weighted by Gasteiger charge is -2.10. The van der Waals surface area contributed by atoms with Gasteiger partial charge in [0.2, 0.25) is 5.56 Å². The lowest BCUT2D eigenvalue weighted by molar-refractivity contribution is -0.274. The highest BCUT2D eigenvalue weighted by molar-refractivity contribution is 5.44. The van der Waals surface area contributed by atoms with E-state index < -0.39 is 30.3 Å². The molecular formula is C14H10F4N2O3. The van der Waals surface area contributed by atoms with Gasteiger partial charge in [0.25, 0.3) is 0 Å². The fraction of sp³-hybridized carbons (Fsp3) is 0.214. The maximum atomic E-state index is 13.8. The van der Waals surface area contributed by atoms with Crippen LogP contribution in [0, 0.1) is 5.82 Å². The van der Waals surface area contributed by atoms with Gasteiger partial charge in [-0.1, -0.05) is 0 Å². The molecule has 0 aliphatic carbocycles. The summed E-state index contributed by atoms with van der Waals surface area (Å²) in [6.07, 6.45) is -4.86. The minimum atomic E-state index is -4.86. The predicted molar refractivity (Wildman–Crippen MR) is 71.4 cm³/mol. The summed E-state index contributed by atoms with van der Waals surface area (Å²) in [4.78, 5) is 13.6. The largest absolute Gasteiger partial charge is 0.573 e. The first-order valence-electron chi connectivity index (χ1n) is 6.48. The quantitative estimate of drug-likeness (QED) is 0.668. The zero-order chi connectivity index (χ0) is 16.6. The molecule has 2 unspecified atom stereocenters. The molecule has 0 radical (unpaired) electrons. The van der Waals surface area contributed by atoms with E-state index in [1.165, 1.54) is 12.3 Å².